The summed E-state index contributed by atoms with van der Waals surface area (Å²) in [5, 5.41) is 9.29. The van der Waals surface area contributed by atoms with Gasteiger partial charge in [-0.25, -0.2) is 9.37 Å². The zero-order valence-electron chi connectivity index (χ0n) is 10.8. The summed E-state index contributed by atoms with van der Waals surface area (Å²) >= 11 is 1.20. The molecule has 1 amide bonds. The number of H-pyrrole nitrogens is 1. The Morgan fingerprint density at radius 3 is 3.00 bits per heavy atom. The van der Waals surface area contributed by atoms with Gasteiger partial charge in [-0.15, -0.1) is 11.8 Å². The van der Waals surface area contributed by atoms with Crippen LogP contribution in [0.25, 0.3) is 0 Å². The second-order valence-electron chi connectivity index (χ2n) is 4.10. The molecule has 0 spiro atoms. The van der Waals surface area contributed by atoms with Crippen LogP contribution < -0.4 is 5.32 Å². The number of nitrogens with zero attached hydrogens (tertiary/aromatic N) is 2. The molecule has 0 aliphatic rings. The molecule has 0 radical (unpaired) electrons. The van der Waals surface area contributed by atoms with Gasteiger partial charge in [-0.05, 0) is 18.6 Å². The highest BCUT2D eigenvalue weighted by Crippen LogP contribution is 2.20. The fourth-order valence-electron chi connectivity index (χ4n) is 1.59. The molecule has 106 valence electrons. The molecule has 0 bridgehead atoms. The molecule has 0 atom stereocenters. The number of carbonyl (C=O) groups is 1. The number of nitrogens with one attached hydrogen (secondary N) is 2. The minimum atomic E-state index is -0.296. The number of benzene rings is 1. The van der Waals surface area contributed by atoms with Crippen LogP contribution in [-0.2, 0) is 11.2 Å². The monoisotopic (exact) mass is 294 g/mol. The molecule has 2 rings (SSSR count). The molecule has 1 aromatic carbocycles. The lowest BCUT2D eigenvalue weighted by atomic mass is 10.3. The molecule has 1 heterocycles. The van der Waals surface area contributed by atoms with Crippen molar-refractivity contribution in [3.05, 3.63) is 42.2 Å². The first kappa shape index (κ1) is 14.5. The summed E-state index contributed by atoms with van der Waals surface area (Å²) in [5.41, 5.74) is 0. The van der Waals surface area contributed by atoms with Gasteiger partial charge in [0, 0.05) is 17.9 Å². The first-order valence-electron chi connectivity index (χ1n) is 6.24. The van der Waals surface area contributed by atoms with Crippen molar-refractivity contribution in [2.24, 2.45) is 0 Å². The Morgan fingerprint density at radius 2 is 2.25 bits per heavy atom. The number of aromatic nitrogens is 3. The van der Waals surface area contributed by atoms with E-state index in [1.807, 2.05) is 0 Å². The minimum absolute atomic E-state index is 0.101. The SMILES string of the molecule is O=C(CSc1ccccc1F)NCCCc1ncn[nH]1. The highest BCUT2D eigenvalue weighted by Gasteiger charge is 2.05. The maximum atomic E-state index is 13.3. The summed E-state index contributed by atoms with van der Waals surface area (Å²) in [5.74, 6) is 0.620. The van der Waals surface area contributed by atoms with E-state index in [1.165, 1.54) is 24.2 Å². The predicted octanol–water partition coefficient (Wildman–Crippen LogP) is 1.78. The van der Waals surface area contributed by atoms with Crippen LogP contribution in [-0.4, -0.2) is 33.4 Å². The fraction of sp³-hybridized carbons (Fsp3) is 0.308. The topological polar surface area (TPSA) is 70.7 Å². The summed E-state index contributed by atoms with van der Waals surface area (Å²) < 4.78 is 13.3. The molecule has 0 fully saturated rings. The minimum Gasteiger partial charge on any atom is -0.355 e. The second-order valence-corrected chi connectivity index (χ2v) is 5.12. The Morgan fingerprint density at radius 1 is 1.40 bits per heavy atom. The molecule has 0 aliphatic heterocycles. The van der Waals surface area contributed by atoms with E-state index >= 15 is 0 Å². The van der Waals surface area contributed by atoms with Crippen LogP contribution in [0.2, 0.25) is 0 Å². The number of halogens is 1. The number of aryl methyl sites for hydroxylation is 1. The van der Waals surface area contributed by atoms with Crippen molar-refractivity contribution in [3.8, 4) is 0 Å². The van der Waals surface area contributed by atoms with Crippen molar-refractivity contribution < 1.29 is 9.18 Å². The lowest BCUT2D eigenvalue weighted by Gasteiger charge is -2.05. The Balaban J connectivity index is 1.62. The van der Waals surface area contributed by atoms with E-state index in [0.717, 1.165) is 18.7 Å². The molecule has 1 aromatic heterocycles. The lowest BCUT2D eigenvalue weighted by molar-refractivity contribution is -0.118. The van der Waals surface area contributed by atoms with Crippen molar-refractivity contribution >= 4 is 17.7 Å². The van der Waals surface area contributed by atoms with E-state index in [2.05, 4.69) is 20.5 Å². The maximum Gasteiger partial charge on any atom is 0.230 e. The zero-order chi connectivity index (χ0) is 14.2. The fourth-order valence-corrected chi connectivity index (χ4v) is 2.36. The van der Waals surface area contributed by atoms with Crippen molar-refractivity contribution in [2.75, 3.05) is 12.3 Å². The molecule has 0 unspecified atom stereocenters. The van der Waals surface area contributed by atoms with Crippen LogP contribution >= 0.6 is 11.8 Å². The average Bonchev–Trinajstić information content (AvgIpc) is 2.96. The zero-order valence-corrected chi connectivity index (χ0v) is 11.6. The van der Waals surface area contributed by atoms with Crippen molar-refractivity contribution in [1.82, 2.24) is 20.5 Å². The third kappa shape index (κ3) is 4.65. The molecule has 5 nitrogen and oxygen atoms in total. The van der Waals surface area contributed by atoms with Gasteiger partial charge < -0.3 is 5.32 Å². The van der Waals surface area contributed by atoms with Crippen LogP contribution in [0.4, 0.5) is 4.39 Å². The van der Waals surface area contributed by atoms with Gasteiger partial charge in [0.05, 0.1) is 5.75 Å². The summed E-state index contributed by atoms with van der Waals surface area (Å²) in [4.78, 5) is 16.1. The van der Waals surface area contributed by atoms with Gasteiger partial charge in [0.2, 0.25) is 5.91 Å². The largest absolute Gasteiger partial charge is 0.355 e. The second kappa shape index (κ2) is 7.64. The van der Waals surface area contributed by atoms with Crippen molar-refractivity contribution in [2.45, 2.75) is 17.7 Å². The predicted molar refractivity (Wildman–Crippen MR) is 74.8 cm³/mol. The average molecular weight is 294 g/mol. The highest BCUT2D eigenvalue weighted by atomic mass is 32.2. The molecule has 0 saturated carbocycles. The first-order chi connectivity index (χ1) is 9.75. The van der Waals surface area contributed by atoms with E-state index in [9.17, 15) is 9.18 Å². The van der Waals surface area contributed by atoms with Gasteiger partial charge in [-0.1, -0.05) is 12.1 Å². The smallest absolute Gasteiger partial charge is 0.230 e. The Bertz CT molecular complexity index is 547. The first-order valence-corrected chi connectivity index (χ1v) is 7.22. The quantitative estimate of drug-likeness (QED) is 0.603. The van der Waals surface area contributed by atoms with Gasteiger partial charge in [0.15, 0.2) is 0 Å². The molecular weight excluding hydrogens is 279 g/mol. The number of hydrogen-bond acceptors (Lipinski definition) is 4. The van der Waals surface area contributed by atoms with Gasteiger partial charge in [-0.3, -0.25) is 9.89 Å². The van der Waals surface area contributed by atoms with Crippen LogP contribution in [0.3, 0.4) is 0 Å². The summed E-state index contributed by atoms with van der Waals surface area (Å²) in [7, 11) is 0. The third-order valence-corrected chi connectivity index (χ3v) is 3.62. The van der Waals surface area contributed by atoms with E-state index in [0.29, 0.717) is 11.4 Å². The number of rotatable bonds is 7. The van der Waals surface area contributed by atoms with E-state index < -0.39 is 0 Å². The van der Waals surface area contributed by atoms with Crippen LogP contribution in [0.5, 0.6) is 0 Å². The molecule has 0 saturated heterocycles. The summed E-state index contributed by atoms with van der Waals surface area (Å²) in [6.45, 7) is 0.567. The highest BCUT2D eigenvalue weighted by molar-refractivity contribution is 8.00. The van der Waals surface area contributed by atoms with Gasteiger partial charge in [0.25, 0.3) is 0 Å². The van der Waals surface area contributed by atoms with Crippen LogP contribution in [0.15, 0.2) is 35.5 Å². The van der Waals surface area contributed by atoms with Gasteiger partial charge in [-0.2, -0.15) is 5.10 Å². The molecule has 2 N–H and O–H groups in total. The Hall–Kier alpha value is -1.89. The Kier molecular flexibility index (Phi) is 5.55. The number of aromatic amines is 1. The molecule has 20 heavy (non-hydrogen) atoms. The van der Waals surface area contributed by atoms with E-state index in [4.69, 9.17) is 0 Å². The summed E-state index contributed by atoms with van der Waals surface area (Å²) in [6.07, 6.45) is 2.98. The molecule has 2 aromatic rings. The molecule has 7 heteroatoms. The van der Waals surface area contributed by atoms with Crippen LogP contribution in [0.1, 0.15) is 12.2 Å². The number of thioether (sulfide) groups is 1. The normalized spacial score (nSPS) is 10.4. The standard InChI is InChI=1S/C13H15FN4OS/c14-10-4-1-2-5-11(10)20-8-13(19)15-7-3-6-12-16-9-17-18-12/h1-2,4-5,9H,3,6-8H2,(H,15,19)(H,16,17,18). The molecule has 0 aliphatic carbocycles. The van der Waals surface area contributed by atoms with E-state index in [-0.39, 0.29) is 17.5 Å². The third-order valence-electron chi connectivity index (χ3n) is 2.57. The Labute approximate surface area is 120 Å². The van der Waals surface area contributed by atoms with E-state index in [1.54, 1.807) is 18.2 Å². The van der Waals surface area contributed by atoms with Crippen LogP contribution in [0, 0.1) is 5.82 Å². The maximum absolute atomic E-state index is 13.3. The molecular formula is C13H15FN4OS. The number of hydrogen-bond donors (Lipinski definition) is 2. The van der Waals surface area contributed by atoms with Crippen molar-refractivity contribution in [3.63, 3.8) is 0 Å². The van der Waals surface area contributed by atoms with Crippen molar-refractivity contribution in [1.29, 1.82) is 0 Å². The summed E-state index contributed by atoms with van der Waals surface area (Å²) in [6, 6.07) is 6.43. The van der Waals surface area contributed by atoms with Gasteiger partial charge in [0.1, 0.15) is 18.0 Å². The van der Waals surface area contributed by atoms with Gasteiger partial charge >= 0.3 is 0 Å². The number of amides is 1. The lowest BCUT2D eigenvalue weighted by Crippen LogP contribution is -2.26. The number of carbonyl (C=O) groups excluding carboxylic acids is 1.